The van der Waals surface area contributed by atoms with E-state index in [1.165, 1.54) is 0 Å². The summed E-state index contributed by atoms with van der Waals surface area (Å²) in [6.07, 6.45) is 2.71. The molecule has 0 bridgehead atoms. The first kappa shape index (κ1) is 31.2. The van der Waals surface area contributed by atoms with Crippen molar-refractivity contribution in [2.45, 2.75) is 69.1 Å². The van der Waals surface area contributed by atoms with Gasteiger partial charge in [-0.3, -0.25) is 9.59 Å². The fourth-order valence-corrected chi connectivity index (χ4v) is 6.37. The fraction of sp³-hybridized carbons (Fsp3) is 0.278. The SMILES string of the molecule is Cc1ccc(CNC(=O)C(Cc2ccccc2)N(Cc2ccccc2)C(=O)CCc2ccc(S(=O)(=O)NC3CC3)cc2)cc1. The van der Waals surface area contributed by atoms with Crippen molar-refractivity contribution >= 4 is 21.8 Å². The van der Waals surface area contributed by atoms with Crippen LogP contribution in [0.3, 0.4) is 0 Å². The van der Waals surface area contributed by atoms with E-state index >= 15 is 0 Å². The van der Waals surface area contributed by atoms with Crippen molar-refractivity contribution < 1.29 is 18.0 Å². The lowest BCUT2D eigenvalue weighted by Gasteiger charge is -2.31. The Morgan fingerprint density at radius 2 is 1.36 bits per heavy atom. The monoisotopic (exact) mass is 609 g/mol. The molecule has 228 valence electrons. The Morgan fingerprint density at radius 3 is 1.98 bits per heavy atom. The molecule has 0 aromatic heterocycles. The van der Waals surface area contributed by atoms with Crippen molar-refractivity contribution in [3.05, 3.63) is 137 Å². The zero-order valence-corrected chi connectivity index (χ0v) is 25.8. The molecule has 1 unspecified atom stereocenters. The van der Waals surface area contributed by atoms with E-state index in [9.17, 15) is 18.0 Å². The topological polar surface area (TPSA) is 95.6 Å². The second-order valence-electron chi connectivity index (χ2n) is 11.5. The van der Waals surface area contributed by atoms with E-state index in [2.05, 4.69) is 10.0 Å². The molecule has 1 fully saturated rings. The Hall–Kier alpha value is -4.27. The number of nitrogens with one attached hydrogen (secondary N) is 2. The molecule has 4 aromatic carbocycles. The van der Waals surface area contributed by atoms with Gasteiger partial charge in [0, 0.05) is 32.0 Å². The predicted molar refractivity (Wildman–Crippen MR) is 172 cm³/mol. The fourth-order valence-electron chi connectivity index (χ4n) is 5.07. The van der Waals surface area contributed by atoms with Crippen LogP contribution < -0.4 is 10.0 Å². The molecule has 0 saturated heterocycles. The molecule has 1 atom stereocenters. The van der Waals surface area contributed by atoms with Gasteiger partial charge >= 0.3 is 0 Å². The van der Waals surface area contributed by atoms with Gasteiger partial charge in [0.2, 0.25) is 21.8 Å². The lowest BCUT2D eigenvalue weighted by Crippen LogP contribution is -2.50. The highest BCUT2D eigenvalue weighted by Crippen LogP contribution is 2.23. The Kier molecular flexibility index (Phi) is 10.2. The zero-order valence-electron chi connectivity index (χ0n) is 25.0. The van der Waals surface area contributed by atoms with Crippen LogP contribution in [-0.2, 0) is 45.5 Å². The van der Waals surface area contributed by atoms with Gasteiger partial charge in [-0.25, -0.2) is 13.1 Å². The number of benzene rings is 4. The standard InChI is InChI=1S/C36H39N3O4S/c1-27-12-14-30(15-13-27)25-37-36(41)34(24-29-8-4-2-5-9-29)39(26-31-10-6-3-7-11-31)35(40)23-18-28-16-21-33(22-17-28)44(42,43)38-32-19-20-32/h2-17,21-22,32,34,38H,18-20,23-26H2,1H3,(H,37,41). The van der Waals surface area contributed by atoms with Gasteiger partial charge in [0.25, 0.3) is 0 Å². The molecule has 8 heteroatoms. The Labute approximate surface area is 260 Å². The molecule has 5 rings (SSSR count). The number of sulfonamides is 1. The average molecular weight is 610 g/mol. The molecular formula is C36H39N3O4S. The lowest BCUT2D eigenvalue weighted by molar-refractivity contribution is -0.141. The van der Waals surface area contributed by atoms with Crippen molar-refractivity contribution in [3.8, 4) is 0 Å². The molecule has 2 amide bonds. The molecule has 0 radical (unpaired) electrons. The van der Waals surface area contributed by atoms with Gasteiger partial charge < -0.3 is 10.2 Å². The second-order valence-corrected chi connectivity index (χ2v) is 13.2. The van der Waals surface area contributed by atoms with Crippen molar-refractivity contribution in [1.82, 2.24) is 14.9 Å². The third-order valence-corrected chi connectivity index (χ3v) is 9.35. The van der Waals surface area contributed by atoms with E-state index in [4.69, 9.17) is 0 Å². The minimum absolute atomic E-state index is 0.0332. The summed E-state index contributed by atoms with van der Waals surface area (Å²) in [6.45, 7) is 2.68. The highest BCUT2D eigenvalue weighted by Gasteiger charge is 2.30. The van der Waals surface area contributed by atoms with Crippen LogP contribution in [0.1, 0.15) is 47.1 Å². The van der Waals surface area contributed by atoms with Gasteiger partial charge in [-0.15, -0.1) is 0 Å². The minimum Gasteiger partial charge on any atom is -0.350 e. The molecule has 0 heterocycles. The van der Waals surface area contributed by atoms with Crippen molar-refractivity contribution in [2.75, 3.05) is 0 Å². The average Bonchev–Trinajstić information content (AvgIpc) is 3.85. The van der Waals surface area contributed by atoms with E-state index in [-0.39, 0.29) is 29.2 Å². The number of hydrogen-bond donors (Lipinski definition) is 2. The van der Waals surface area contributed by atoms with E-state index in [0.29, 0.717) is 25.9 Å². The lowest BCUT2D eigenvalue weighted by atomic mass is 10.0. The molecular weight excluding hydrogens is 570 g/mol. The van der Waals surface area contributed by atoms with E-state index < -0.39 is 16.1 Å². The first-order valence-electron chi connectivity index (χ1n) is 15.1. The van der Waals surface area contributed by atoms with Gasteiger partial charge in [-0.2, -0.15) is 0 Å². The molecule has 4 aromatic rings. The smallest absolute Gasteiger partial charge is 0.243 e. The number of nitrogens with zero attached hydrogens (tertiary/aromatic N) is 1. The first-order valence-corrected chi connectivity index (χ1v) is 16.6. The zero-order chi connectivity index (χ0) is 30.9. The second kappa shape index (κ2) is 14.5. The van der Waals surface area contributed by atoms with Gasteiger partial charge in [0.15, 0.2) is 0 Å². The predicted octanol–water partition coefficient (Wildman–Crippen LogP) is 5.32. The maximum Gasteiger partial charge on any atom is 0.243 e. The Morgan fingerprint density at radius 1 is 0.773 bits per heavy atom. The van der Waals surface area contributed by atoms with Gasteiger partial charge in [-0.05, 0) is 60.6 Å². The van der Waals surface area contributed by atoms with Crippen molar-refractivity contribution in [1.29, 1.82) is 0 Å². The largest absolute Gasteiger partial charge is 0.350 e. The summed E-state index contributed by atoms with van der Waals surface area (Å²) in [5.74, 6) is -0.358. The van der Waals surface area contributed by atoms with Crippen LogP contribution in [0.4, 0.5) is 0 Å². The first-order chi connectivity index (χ1) is 21.3. The Bertz CT molecular complexity index is 1640. The van der Waals surface area contributed by atoms with Gasteiger partial charge in [0.1, 0.15) is 6.04 Å². The number of carbonyl (C=O) groups excluding carboxylic acids is 2. The quantitative estimate of drug-likeness (QED) is 0.202. The molecule has 1 saturated carbocycles. The molecule has 7 nitrogen and oxygen atoms in total. The number of carbonyl (C=O) groups is 2. The maximum atomic E-state index is 14.0. The highest BCUT2D eigenvalue weighted by atomic mass is 32.2. The van der Waals surface area contributed by atoms with Crippen LogP contribution in [0.2, 0.25) is 0 Å². The summed E-state index contributed by atoms with van der Waals surface area (Å²) < 4.78 is 27.8. The number of aryl methyl sites for hydroxylation is 2. The highest BCUT2D eigenvalue weighted by molar-refractivity contribution is 7.89. The number of rotatable bonds is 14. The summed E-state index contributed by atoms with van der Waals surface area (Å²) in [6, 6.07) is 33.4. The van der Waals surface area contributed by atoms with Crippen LogP contribution in [0.15, 0.2) is 114 Å². The van der Waals surface area contributed by atoms with Crippen molar-refractivity contribution in [3.63, 3.8) is 0 Å². The molecule has 1 aliphatic carbocycles. The van der Waals surface area contributed by atoms with E-state index in [0.717, 1.165) is 40.7 Å². The molecule has 0 aliphatic heterocycles. The van der Waals surface area contributed by atoms with Crippen LogP contribution in [0.25, 0.3) is 0 Å². The van der Waals surface area contributed by atoms with E-state index in [1.807, 2.05) is 91.9 Å². The number of hydrogen-bond acceptors (Lipinski definition) is 4. The summed E-state index contributed by atoms with van der Waals surface area (Å²) in [7, 11) is -3.54. The van der Waals surface area contributed by atoms with Gasteiger partial charge in [0.05, 0.1) is 4.90 Å². The summed E-state index contributed by atoms with van der Waals surface area (Å²) in [5, 5.41) is 3.08. The van der Waals surface area contributed by atoms with Crippen LogP contribution >= 0.6 is 0 Å². The van der Waals surface area contributed by atoms with Crippen LogP contribution in [0.5, 0.6) is 0 Å². The normalized spacial score (nSPS) is 13.7. The third kappa shape index (κ3) is 8.88. The summed E-state index contributed by atoms with van der Waals surface area (Å²) in [5.41, 5.74) is 4.88. The summed E-state index contributed by atoms with van der Waals surface area (Å²) >= 11 is 0. The van der Waals surface area contributed by atoms with Gasteiger partial charge in [-0.1, -0.05) is 103 Å². The van der Waals surface area contributed by atoms with Crippen LogP contribution in [-0.4, -0.2) is 37.2 Å². The Balaban J connectivity index is 1.34. The molecule has 0 spiro atoms. The third-order valence-electron chi connectivity index (χ3n) is 7.81. The molecule has 2 N–H and O–H groups in total. The number of amides is 2. The molecule has 44 heavy (non-hydrogen) atoms. The molecule has 1 aliphatic rings. The van der Waals surface area contributed by atoms with Crippen LogP contribution in [0, 0.1) is 6.92 Å². The van der Waals surface area contributed by atoms with E-state index in [1.54, 1.807) is 29.2 Å². The summed E-state index contributed by atoms with van der Waals surface area (Å²) in [4.78, 5) is 29.7. The van der Waals surface area contributed by atoms with Crippen molar-refractivity contribution in [2.24, 2.45) is 0 Å². The maximum absolute atomic E-state index is 14.0. The minimum atomic E-state index is -3.54.